The summed E-state index contributed by atoms with van der Waals surface area (Å²) in [5, 5.41) is 9.03. The Balaban J connectivity index is 1.62. The summed E-state index contributed by atoms with van der Waals surface area (Å²) >= 11 is 0. The van der Waals surface area contributed by atoms with Gasteiger partial charge >= 0.3 is 5.97 Å². The van der Waals surface area contributed by atoms with E-state index in [1.54, 1.807) is 37.3 Å². The maximum atomic E-state index is 11.7. The maximum Gasteiger partial charge on any atom is 0.304 e. The van der Waals surface area contributed by atoms with E-state index in [4.69, 9.17) is 19.3 Å². The molecule has 2 aromatic rings. The van der Waals surface area contributed by atoms with Crippen LogP contribution in [0.5, 0.6) is 17.2 Å². The van der Waals surface area contributed by atoms with Gasteiger partial charge in [-0.1, -0.05) is 18.1 Å². The predicted molar refractivity (Wildman–Crippen MR) is 110 cm³/mol. The maximum absolute atomic E-state index is 11.7. The van der Waals surface area contributed by atoms with Crippen LogP contribution in [0.15, 0.2) is 47.4 Å². The first-order valence-corrected chi connectivity index (χ1v) is 11.2. The second kappa shape index (κ2) is 9.09. The van der Waals surface area contributed by atoms with Crippen LogP contribution in [-0.4, -0.2) is 45.1 Å². The van der Waals surface area contributed by atoms with Crippen molar-refractivity contribution in [2.75, 3.05) is 19.5 Å². The molecule has 1 heterocycles. The highest BCUT2D eigenvalue weighted by atomic mass is 32.2. The Morgan fingerprint density at radius 3 is 2.60 bits per heavy atom. The lowest BCUT2D eigenvalue weighted by Gasteiger charge is -2.26. The highest BCUT2D eigenvalue weighted by Crippen LogP contribution is 2.34. The number of hydrogen-bond acceptors (Lipinski definition) is 6. The fourth-order valence-corrected chi connectivity index (χ4v) is 3.63. The molecule has 0 saturated heterocycles. The van der Waals surface area contributed by atoms with Crippen molar-refractivity contribution in [2.24, 2.45) is 0 Å². The smallest absolute Gasteiger partial charge is 0.304 e. The molecule has 158 valence electrons. The Bertz CT molecular complexity index is 1080. The molecule has 2 atom stereocenters. The van der Waals surface area contributed by atoms with Crippen LogP contribution in [0.4, 0.5) is 0 Å². The highest BCUT2D eigenvalue weighted by Gasteiger charge is 2.23. The van der Waals surface area contributed by atoms with E-state index in [2.05, 4.69) is 11.8 Å². The Morgan fingerprint density at radius 2 is 1.97 bits per heavy atom. The number of carboxylic acids is 1. The molecule has 0 amide bonds. The van der Waals surface area contributed by atoms with Crippen LogP contribution in [-0.2, 0) is 14.6 Å². The number of fused-ring (bicyclic) bond motifs is 1. The van der Waals surface area contributed by atoms with E-state index >= 15 is 0 Å². The average Bonchev–Trinajstić information content (AvgIpc) is 2.71. The fraction of sp³-hybridized carbons (Fsp3) is 0.318. The standard InChI is InChI=1S/C22H22O7S/c1-3-4-16(11-22(23)24)15-5-7-17(8-6-15)27-13-18-14-28-20-10-9-19(30(2,25)26)12-21(20)29-18/h5-10,12,16,18H,11,13-14H2,1-2H3,(H,23,24)/t16-,18-/m0/s1. The Hall–Kier alpha value is -3.18. The molecule has 0 spiro atoms. The monoisotopic (exact) mass is 430 g/mol. The molecule has 0 fully saturated rings. The lowest BCUT2D eigenvalue weighted by atomic mass is 9.96. The number of sulfone groups is 1. The first-order valence-electron chi connectivity index (χ1n) is 9.26. The second-order valence-electron chi connectivity index (χ2n) is 6.86. The minimum atomic E-state index is -3.35. The van der Waals surface area contributed by atoms with Crippen molar-refractivity contribution < 1.29 is 32.5 Å². The normalized spacial score (nSPS) is 16.1. The number of hydrogen-bond donors (Lipinski definition) is 1. The van der Waals surface area contributed by atoms with Gasteiger partial charge in [-0.05, 0) is 36.8 Å². The van der Waals surface area contributed by atoms with Crippen LogP contribution in [0.2, 0.25) is 0 Å². The molecule has 3 rings (SSSR count). The highest BCUT2D eigenvalue weighted by molar-refractivity contribution is 7.90. The zero-order valence-electron chi connectivity index (χ0n) is 16.6. The van der Waals surface area contributed by atoms with Gasteiger partial charge in [-0.15, -0.1) is 5.92 Å². The van der Waals surface area contributed by atoms with E-state index < -0.39 is 21.9 Å². The molecule has 2 aromatic carbocycles. The minimum Gasteiger partial charge on any atom is -0.490 e. The zero-order chi connectivity index (χ0) is 21.7. The van der Waals surface area contributed by atoms with Crippen molar-refractivity contribution in [2.45, 2.75) is 30.3 Å². The van der Waals surface area contributed by atoms with Crippen LogP contribution < -0.4 is 14.2 Å². The quantitative estimate of drug-likeness (QED) is 0.674. The SMILES string of the molecule is CC#C[C@@H](CC(=O)O)c1ccc(OC[C@H]2COc3ccc(S(C)(=O)=O)cc3O2)cc1. The summed E-state index contributed by atoms with van der Waals surface area (Å²) in [6.07, 6.45) is 0.663. The molecule has 7 nitrogen and oxygen atoms in total. The average molecular weight is 430 g/mol. The number of aliphatic carboxylic acids is 1. The van der Waals surface area contributed by atoms with Gasteiger partial charge in [-0.25, -0.2) is 8.42 Å². The Morgan fingerprint density at radius 1 is 1.23 bits per heavy atom. The molecule has 1 aliphatic heterocycles. The lowest BCUT2D eigenvalue weighted by molar-refractivity contribution is -0.137. The summed E-state index contributed by atoms with van der Waals surface area (Å²) in [7, 11) is -3.35. The summed E-state index contributed by atoms with van der Waals surface area (Å²) < 4.78 is 40.7. The van der Waals surface area contributed by atoms with Gasteiger partial charge in [0.05, 0.1) is 17.2 Å². The van der Waals surface area contributed by atoms with E-state index in [-0.39, 0.29) is 30.4 Å². The van der Waals surface area contributed by atoms with Gasteiger partial charge in [-0.3, -0.25) is 4.79 Å². The number of carboxylic acid groups (broad SMARTS) is 1. The van der Waals surface area contributed by atoms with Crippen LogP contribution >= 0.6 is 0 Å². The summed E-state index contributed by atoms with van der Waals surface area (Å²) in [5.41, 5.74) is 0.804. The topological polar surface area (TPSA) is 99.1 Å². The predicted octanol–water partition coefficient (Wildman–Crippen LogP) is 2.89. The third-order valence-corrected chi connectivity index (χ3v) is 5.59. The second-order valence-corrected chi connectivity index (χ2v) is 8.87. The van der Waals surface area contributed by atoms with E-state index in [1.807, 2.05) is 0 Å². The summed E-state index contributed by atoms with van der Waals surface area (Å²) in [6.45, 7) is 2.15. The van der Waals surface area contributed by atoms with E-state index in [9.17, 15) is 13.2 Å². The van der Waals surface area contributed by atoms with Gasteiger partial charge < -0.3 is 19.3 Å². The van der Waals surface area contributed by atoms with E-state index in [1.165, 1.54) is 12.1 Å². The molecule has 1 N–H and O–H groups in total. The van der Waals surface area contributed by atoms with Crippen molar-refractivity contribution in [3.05, 3.63) is 48.0 Å². The molecular formula is C22H22O7S. The Kier molecular flexibility index (Phi) is 6.53. The van der Waals surface area contributed by atoms with Crippen molar-refractivity contribution in [3.8, 4) is 29.1 Å². The molecule has 0 saturated carbocycles. The van der Waals surface area contributed by atoms with Crippen LogP contribution in [0.3, 0.4) is 0 Å². The summed E-state index contributed by atoms with van der Waals surface area (Å²) in [6, 6.07) is 11.6. The lowest BCUT2D eigenvalue weighted by Crippen LogP contribution is -2.34. The molecule has 0 aliphatic carbocycles. The number of ether oxygens (including phenoxy) is 3. The first-order chi connectivity index (χ1) is 14.3. The largest absolute Gasteiger partial charge is 0.490 e. The fourth-order valence-electron chi connectivity index (χ4n) is 3.00. The zero-order valence-corrected chi connectivity index (χ0v) is 17.4. The number of carbonyl (C=O) groups is 1. The third-order valence-electron chi connectivity index (χ3n) is 4.48. The minimum absolute atomic E-state index is 0.0663. The summed E-state index contributed by atoms with van der Waals surface area (Å²) in [5.74, 6) is 5.83. The van der Waals surface area contributed by atoms with Gasteiger partial charge in [0.15, 0.2) is 27.4 Å². The van der Waals surface area contributed by atoms with Crippen molar-refractivity contribution >= 4 is 15.8 Å². The molecular weight excluding hydrogens is 408 g/mol. The Labute approximate surface area is 175 Å². The molecule has 8 heteroatoms. The third kappa shape index (κ3) is 5.45. The molecule has 30 heavy (non-hydrogen) atoms. The summed E-state index contributed by atoms with van der Waals surface area (Å²) in [4.78, 5) is 11.2. The van der Waals surface area contributed by atoms with E-state index in [0.717, 1.165) is 11.8 Å². The molecule has 0 unspecified atom stereocenters. The van der Waals surface area contributed by atoms with Crippen LogP contribution in [0.1, 0.15) is 24.8 Å². The van der Waals surface area contributed by atoms with Crippen molar-refractivity contribution in [3.63, 3.8) is 0 Å². The number of rotatable bonds is 7. The molecule has 0 aromatic heterocycles. The van der Waals surface area contributed by atoms with Crippen LogP contribution in [0, 0.1) is 11.8 Å². The van der Waals surface area contributed by atoms with E-state index in [0.29, 0.717) is 17.2 Å². The molecule has 0 bridgehead atoms. The molecule has 1 aliphatic rings. The van der Waals surface area contributed by atoms with Gasteiger partial charge in [0, 0.05) is 12.3 Å². The number of benzene rings is 2. The molecule has 0 radical (unpaired) electrons. The van der Waals surface area contributed by atoms with Gasteiger partial charge in [0.1, 0.15) is 19.0 Å². The van der Waals surface area contributed by atoms with Crippen molar-refractivity contribution in [1.29, 1.82) is 0 Å². The van der Waals surface area contributed by atoms with Crippen LogP contribution in [0.25, 0.3) is 0 Å². The van der Waals surface area contributed by atoms with Gasteiger partial charge in [-0.2, -0.15) is 0 Å². The van der Waals surface area contributed by atoms with Crippen molar-refractivity contribution in [1.82, 2.24) is 0 Å². The van der Waals surface area contributed by atoms with Gasteiger partial charge in [0.25, 0.3) is 0 Å². The first kappa shape index (κ1) is 21.5. The van der Waals surface area contributed by atoms with Gasteiger partial charge in [0.2, 0.25) is 0 Å².